The fourth-order valence-electron chi connectivity index (χ4n) is 1.78. The fourth-order valence-corrected chi connectivity index (χ4v) is 2.10. The quantitative estimate of drug-likeness (QED) is 0.912. The third-order valence-corrected chi connectivity index (χ3v) is 3.64. The third-order valence-electron chi connectivity index (χ3n) is 2.90. The predicted molar refractivity (Wildman–Crippen MR) is 87.4 cm³/mol. The van der Waals surface area contributed by atoms with Crippen LogP contribution in [0.3, 0.4) is 0 Å². The van der Waals surface area contributed by atoms with Crippen LogP contribution in [0.5, 0.6) is 0 Å². The molecule has 0 radical (unpaired) electrons. The maximum absolute atomic E-state index is 12.0. The largest absolute Gasteiger partial charge is 0.383 e. The first-order chi connectivity index (χ1) is 9.95. The van der Waals surface area contributed by atoms with Crippen LogP contribution in [-0.4, -0.2) is 16.3 Å². The molecule has 0 aliphatic carbocycles. The SMILES string of the molecule is CC(C)CNc1cnn(Cc2ccc(Cl)c(Cl)c2)c(=O)c1. The monoisotopic (exact) mass is 325 g/mol. The van der Waals surface area contributed by atoms with Crippen LogP contribution in [0.15, 0.2) is 35.3 Å². The van der Waals surface area contributed by atoms with Gasteiger partial charge in [0.25, 0.3) is 5.56 Å². The molecule has 0 aliphatic rings. The molecule has 1 aromatic carbocycles. The lowest BCUT2D eigenvalue weighted by Gasteiger charge is -2.10. The van der Waals surface area contributed by atoms with Gasteiger partial charge in [-0.3, -0.25) is 4.79 Å². The number of anilines is 1. The van der Waals surface area contributed by atoms with Crippen LogP contribution in [0.1, 0.15) is 19.4 Å². The van der Waals surface area contributed by atoms with Crippen molar-refractivity contribution < 1.29 is 0 Å². The molecule has 0 aliphatic heterocycles. The molecule has 112 valence electrons. The van der Waals surface area contributed by atoms with Crippen molar-refractivity contribution in [3.63, 3.8) is 0 Å². The average Bonchev–Trinajstić information content (AvgIpc) is 2.43. The van der Waals surface area contributed by atoms with Gasteiger partial charge < -0.3 is 5.32 Å². The van der Waals surface area contributed by atoms with Crippen molar-refractivity contribution in [2.75, 3.05) is 11.9 Å². The minimum absolute atomic E-state index is 0.158. The van der Waals surface area contributed by atoms with Crippen molar-refractivity contribution >= 4 is 28.9 Å². The van der Waals surface area contributed by atoms with E-state index in [1.807, 2.05) is 6.07 Å². The van der Waals surface area contributed by atoms with Crippen molar-refractivity contribution in [2.45, 2.75) is 20.4 Å². The Hall–Kier alpha value is -1.52. The van der Waals surface area contributed by atoms with Gasteiger partial charge in [0, 0.05) is 12.6 Å². The Morgan fingerprint density at radius 3 is 2.62 bits per heavy atom. The molecule has 1 heterocycles. The molecule has 0 bridgehead atoms. The van der Waals surface area contributed by atoms with Crippen molar-refractivity contribution in [2.24, 2.45) is 5.92 Å². The van der Waals surface area contributed by atoms with Crippen LogP contribution in [0, 0.1) is 5.92 Å². The van der Waals surface area contributed by atoms with Crippen LogP contribution in [-0.2, 0) is 6.54 Å². The first kappa shape index (κ1) is 15.9. The maximum Gasteiger partial charge on any atom is 0.269 e. The molecular weight excluding hydrogens is 309 g/mol. The standard InChI is InChI=1S/C15H17Cl2N3O/c1-10(2)7-18-12-6-15(21)20(19-8-12)9-11-3-4-13(16)14(17)5-11/h3-6,8,10,18H,7,9H2,1-2H3. The lowest BCUT2D eigenvalue weighted by atomic mass is 10.2. The zero-order valence-electron chi connectivity index (χ0n) is 11.9. The Balaban J connectivity index is 2.13. The summed E-state index contributed by atoms with van der Waals surface area (Å²) < 4.78 is 1.39. The predicted octanol–water partition coefficient (Wildman–Crippen LogP) is 3.67. The number of hydrogen-bond donors (Lipinski definition) is 1. The summed E-state index contributed by atoms with van der Waals surface area (Å²) >= 11 is 11.8. The van der Waals surface area contributed by atoms with E-state index in [1.54, 1.807) is 24.4 Å². The fraction of sp³-hybridized carbons (Fsp3) is 0.333. The Kier molecular flexibility index (Phi) is 5.26. The van der Waals surface area contributed by atoms with E-state index >= 15 is 0 Å². The van der Waals surface area contributed by atoms with Crippen LogP contribution in [0.2, 0.25) is 10.0 Å². The number of nitrogens with one attached hydrogen (secondary N) is 1. The molecule has 4 nitrogen and oxygen atoms in total. The van der Waals surface area contributed by atoms with Gasteiger partial charge in [-0.05, 0) is 23.6 Å². The van der Waals surface area contributed by atoms with E-state index in [9.17, 15) is 4.79 Å². The first-order valence-corrected chi connectivity index (χ1v) is 7.46. The summed E-state index contributed by atoms with van der Waals surface area (Å²) in [5.74, 6) is 0.503. The van der Waals surface area contributed by atoms with Crippen LogP contribution < -0.4 is 10.9 Å². The maximum atomic E-state index is 12.0. The second-order valence-corrected chi connectivity index (χ2v) is 6.08. The number of nitrogens with zero attached hydrogens (tertiary/aromatic N) is 2. The smallest absolute Gasteiger partial charge is 0.269 e. The number of benzene rings is 1. The molecule has 2 aromatic rings. The van der Waals surface area contributed by atoms with Crippen LogP contribution >= 0.6 is 23.2 Å². The van der Waals surface area contributed by atoms with Gasteiger partial charge in [0.2, 0.25) is 0 Å². The third kappa shape index (κ3) is 4.48. The van der Waals surface area contributed by atoms with E-state index in [0.29, 0.717) is 22.5 Å². The number of halogens is 2. The second-order valence-electron chi connectivity index (χ2n) is 5.26. The zero-order valence-corrected chi connectivity index (χ0v) is 13.4. The summed E-state index contributed by atoms with van der Waals surface area (Å²) in [5.41, 5.74) is 1.45. The van der Waals surface area contributed by atoms with E-state index in [0.717, 1.165) is 17.8 Å². The number of rotatable bonds is 5. The average molecular weight is 326 g/mol. The van der Waals surface area contributed by atoms with Crippen LogP contribution in [0.25, 0.3) is 0 Å². The van der Waals surface area contributed by atoms with Gasteiger partial charge in [0.1, 0.15) is 0 Å². The zero-order chi connectivity index (χ0) is 15.4. The normalized spacial score (nSPS) is 10.9. The van der Waals surface area contributed by atoms with Crippen molar-refractivity contribution in [1.29, 1.82) is 0 Å². The van der Waals surface area contributed by atoms with E-state index in [2.05, 4.69) is 24.3 Å². The molecule has 1 aromatic heterocycles. The Bertz CT molecular complexity index is 683. The first-order valence-electron chi connectivity index (χ1n) is 6.70. The molecule has 21 heavy (non-hydrogen) atoms. The van der Waals surface area contributed by atoms with Crippen molar-refractivity contribution in [3.05, 3.63) is 56.4 Å². The molecular formula is C15H17Cl2N3O. The van der Waals surface area contributed by atoms with Gasteiger partial charge in [-0.2, -0.15) is 5.10 Å². The van der Waals surface area contributed by atoms with Gasteiger partial charge in [-0.25, -0.2) is 4.68 Å². The molecule has 0 atom stereocenters. The molecule has 0 saturated carbocycles. The Morgan fingerprint density at radius 1 is 1.24 bits per heavy atom. The molecule has 1 N–H and O–H groups in total. The molecule has 0 saturated heterocycles. The van der Waals surface area contributed by atoms with Crippen molar-refractivity contribution in [3.8, 4) is 0 Å². The van der Waals surface area contributed by atoms with Gasteiger partial charge in [-0.15, -0.1) is 0 Å². The van der Waals surface area contributed by atoms with Gasteiger partial charge in [0.15, 0.2) is 0 Å². The Labute approximate surface area is 133 Å². The molecule has 0 fully saturated rings. The summed E-state index contributed by atoms with van der Waals surface area (Å²) in [4.78, 5) is 12.0. The van der Waals surface area contributed by atoms with Gasteiger partial charge >= 0.3 is 0 Å². The molecule has 0 amide bonds. The summed E-state index contributed by atoms with van der Waals surface area (Å²) in [6.07, 6.45) is 1.65. The summed E-state index contributed by atoms with van der Waals surface area (Å²) in [5, 5.41) is 8.31. The van der Waals surface area contributed by atoms with Gasteiger partial charge in [0.05, 0.1) is 28.5 Å². The number of hydrogen-bond acceptors (Lipinski definition) is 3. The molecule has 6 heteroatoms. The highest BCUT2D eigenvalue weighted by Crippen LogP contribution is 2.22. The minimum atomic E-state index is -0.158. The highest BCUT2D eigenvalue weighted by atomic mass is 35.5. The van der Waals surface area contributed by atoms with E-state index in [4.69, 9.17) is 23.2 Å². The Morgan fingerprint density at radius 2 is 2.00 bits per heavy atom. The topological polar surface area (TPSA) is 46.9 Å². The van der Waals surface area contributed by atoms with Crippen LogP contribution in [0.4, 0.5) is 5.69 Å². The van der Waals surface area contributed by atoms with E-state index in [-0.39, 0.29) is 5.56 Å². The highest BCUT2D eigenvalue weighted by molar-refractivity contribution is 6.42. The second kappa shape index (κ2) is 6.96. The highest BCUT2D eigenvalue weighted by Gasteiger charge is 2.04. The summed E-state index contributed by atoms with van der Waals surface area (Å²) in [7, 11) is 0. The van der Waals surface area contributed by atoms with E-state index in [1.165, 1.54) is 4.68 Å². The lowest BCUT2D eigenvalue weighted by Crippen LogP contribution is -2.23. The lowest BCUT2D eigenvalue weighted by molar-refractivity contribution is 0.637. The molecule has 0 unspecified atom stereocenters. The van der Waals surface area contributed by atoms with E-state index < -0.39 is 0 Å². The van der Waals surface area contributed by atoms with Gasteiger partial charge in [-0.1, -0.05) is 43.1 Å². The van der Waals surface area contributed by atoms with Crippen molar-refractivity contribution in [1.82, 2.24) is 9.78 Å². The number of aromatic nitrogens is 2. The summed E-state index contributed by atoms with van der Waals surface area (Å²) in [6, 6.07) is 6.83. The summed E-state index contributed by atoms with van der Waals surface area (Å²) in [6.45, 7) is 5.37. The molecule has 0 spiro atoms. The minimum Gasteiger partial charge on any atom is -0.383 e. The molecule has 2 rings (SSSR count).